The molecule has 0 unspecified atom stereocenters. The van der Waals surface area contributed by atoms with Crippen molar-refractivity contribution < 1.29 is 18.7 Å². The summed E-state index contributed by atoms with van der Waals surface area (Å²) in [5.41, 5.74) is 1.53. The van der Waals surface area contributed by atoms with Crippen LogP contribution in [0.25, 0.3) is 0 Å². The fourth-order valence-electron chi connectivity index (χ4n) is 2.91. The monoisotopic (exact) mass is 347 g/mol. The van der Waals surface area contributed by atoms with Crippen molar-refractivity contribution in [2.45, 2.75) is 19.4 Å². The van der Waals surface area contributed by atoms with Crippen LogP contribution in [-0.4, -0.2) is 24.5 Å². The number of esters is 1. The molecule has 0 aliphatic carbocycles. The van der Waals surface area contributed by atoms with E-state index in [1.165, 1.54) is 12.1 Å². The predicted octanol–water partition coefficient (Wildman–Crippen LogP) is 3.61. The zero-order valence-electron chi connectivity index (χ0n) is 13.0. The van der Waals surface area contributed by atoms with Crippen molar-refractivity contribution >= 4 is 29.2 Å². The molecule has 0 radical (unpaired) electrons. The van der Waals surface area contributed by atoms with Gasteiger partial charge in [0.1, 0.15) is 11.4 Å². The van der Waals surface area contributed by atoms with Gasteiger partial charge >= 0.3 is 5.97 Å². The number of fused-ring (bicyclic) bond motifs is 1. The molecule has 0 saturated carbocycles. The van der Waals surface area contributed by atoms with Crippen molar-refractivity contribution in [2.75, 3.05) is 11.5 Å². The Kier molecular flexibility index (Phi) is 4.53. The fourth-order valence-corrected chi connectivity index (χ4v) is 3.15. The van der Waals surface area contributed by atoms with Crippen LogP contribution < -0.4 is 4.90 Å². The number of ether oxygens (including phenoxy) is 1. The van der Waals surface area contributed by atoms with E-state index >= 15 is 0 Å². The number of rotatable bonds is 3. The molecule has 3 rings (SSSR count). The number of hydrogen-bond donors (Lipinski definition) is 0. The van der Waals surface area contributed by atoms with Gasteiger partial charge in [0.15, 0.2) is 6.61 Å². The summed E-state index contributed by atoms with van der Waals surface area (Å²) in [5, 5.41) is -0.0488. The second-order valence-corrected chi connectivity index (χ2v) is 6.03. The van der Waals surface area contributed by atoms with Gasteiger partial charge < -0.3 is 9.64 Å². The third kappa shape index (κ3) is 2.99. The summed E-state index contributed by atoms with van der Waals surface area (Å²) < 4.78 is 18.7. The molecule has 0 N–H and O–H groups in total. The summed E-state index contributed by atoms with van der Waals surface area (Å²) in [6.45, 7) is 1.45. The lowest BCUT2D eigenvalue weighted by Crippen LogP contribution is -2.38. The zero-order valence-corrected chi connectivity index (χ0v) is 13.7. The zero-order chi connectivity index (χ0) is 17.3. The molecule has 1 aliphatic heterocycles. The van der Waals surface area contributed by atoms with Crippen LogP contribution in [0.5, 0.6) is 0 Å². The lowest BCUT2D eigenvalue weighted by molar-refractivity contribution is -0.122. The van der Waals surface area contributed by atoms with Gasteiger partial charge in [-0.15, -0.1) is 0 Å². The molecule has 0 fully saturated rings. The maximum atomic E-state index is 13.7. The van der Waals surface area contributed by atoms with Gasteiger partial charge in [-0.05, 0) is 37.1 Å². The number of carbonyl (C=O) groups excluding carboxylic acids is 2. The standard InChI is InChI=1S/C18H15ClFNO3/c1-11-9-12-5-2-3-8-15(12)21(11)16(22)10-24-18(23)17-13(19)6-4-7-14(17)20/h2-8,11H,9-10H2,1H3/t11-/m1/s1. The minimum Gasteiger partial charge on any atom is -0.452 e. The number of halogens is 2. The number of carbonyl (C=O) groups is 2. The summed E-state index contributed by atoms with van der Waals surface area (Å²) in [4.78, 5) is 26.1. The molecule has 1 aliphatic rings. The maximum absolute atomic E-state index is 13.7. The predicted molar refractivity (Wildman–Crippen MR) is 88.8 cm³/mol. The Balaban J connectivity index is 1.71. The highest BCUT2D eigenvalue weighted by atomic mass is 35.5. The van der Waals surface area contributed by atoms with Crippen LogP contribution in [-0.2, 0) is 16.0 Å². The number of anilines is 1. The van der Waals surface area contributed by atoms with Crippen molar-refractivity contribution in [1.82, 2.24) is 0 Å². The largest absolute Gasteiger partial charge is 0.452 e. The van der Waals surface area contributed by atoms with Gasteiger partial charge in [0.2, 0.25) is 0 Å². The smallest absolute Gasteiger partial charge is 0.343 e. The van der Waals surface area contributed by atoms with E-state index in [1.54, 1.807) is 4.90 Å². The number of benzene rings is 2. The van der Waals surface area contributed by atoms with Crippen LogP contribution >= 0.6 is 11.6 Å². The molecule has 124 valence electrons. The van der Waals surface area contributed by atoms with Crippen LogP contribution in [0.15, 0.2) is 42.5 Å². The van der Waals surface area contributed by atoms with Crippen LogP contribution in [0.4, 0.5) is 10.1 Å². The number of amides is 1. The van der Waals surface area contributed by atoms with Crippen molar-refractivity contribution in [3.8, 4) is 0 Å². The molecule has 24 heavy (non-hydrogen) atoms. The summed E-state index contributed by atoms with van der Waals surface area (Å²) in [6.07, 6.45) is 0.745. The second-order valence-electron chi connectivity index (χ2n) is 5.62. The SMILES string of the molecule is C[C@@H]1Cc2ccccc2N1C(=O)COC(=O)c1c(F)cccc1Cl. The first-order valence-corrected chi connectivity index (χ1v) is 7.88. The van der Waals surface area contributed by atoms with E-state index < -0.39 is 18.4 Å². The van der Waals surface area contributed by atoms with E-state index in [0.29, 0.717) is 0 Å². The molecular weight excluding hydrogens is 333 g/mol. The second kappa shape index (κ2) is 6.61. The molecule has 0 bridgehead atoms. The molecule has 1 atom stereocenters. The highest BCUT2D eigenvalue weighted by Crippen LogP contribution is 2.31. The van der Waals surface area contributed by atoms with Gasteiger partial charge in [0.25, 0.3) is 5.91 Å². The van der Waals surface area contributed by atoms with E-state index in [4.69, 9.17) is 16.3 Å². The third-order valence-corrected chi connectivity index (χ3v) is 4.28. The number of para-hydroxylation sites is 1. The van der Waals surface area contributed by atoms with Gasteiger partial charge in [0.05, 0.1) is 5.02 Å². The quantitative estimate of drug-likeness (QED) is 0.797. The molecular formula is C18H15ClFNO3. The molecule has 0 spiro atoms. The average Bonchev–Trinajstić information content (AvgIpc) is 2.88. The van der Waals surface area contributed by atoms with E-state index in [9.17, 15) is 14.0 Å². The van der Waals surface area contributed by atoms with Gasteiger partial charge in [0, 0.05) is 11.7 Å². The van der Waals surface area contributed by atoms with Crippen LogP contribution in [0.3, 0.4) is 0 Å². The van der Waals surface area contributed by atoms with Crippen molar-refractivity contribution in [3.05, 3.63) is 64.4 Å². The lowest BCUT2D eigenvalue weighted by atomic mass is 10.1. The van der Waals surface area contributed by atoms with E-state index in [-0.39, 0.29) is 22.5 Å². The molecule has 2 aromatic carbocycles. The highest BCUT2D eigenvalue weighted by Gasteiger charge is 2.31. The molecule has 0 aromatic heterocycles. The van der Waals surface area contributed by atoms with Gasteiger partial charge in [-0.25, -0.2) is 9.18 Å². The number of hydrogen-bond acceptors (Lipinski definition) is 3. The van der Waals surface area contributed by atoms with Crippen molar-refractivity contribution in [1.29, 1.82) is 0 Å². The Morgan fingerprint density at radius 3 is 2.75 bits per heavy atom. The van der Waals surface area contributed by atoms with Crippen LogP contribution in [0.1, 0.15) is 22.8 Å². The van der Waals surface area contributed by atoms with Crippen LogP contribution in [0, 0.1) is 5.82 Å². The fraction of sp³-hybridized carbons (Fsp3) is 0.222. The Morgan fingerprint density at radius 1 is 1.25 bits per heavy atom. The summed E-state index contributed by atoms with van der Waals surface area (Å²) >= 11 is 5.82. The molecule has 6 heteroatoms. The topological polar surface area (TPSA) is 46.6 Å². The highest BCUT2D eigenvalue weighted by molar-refractivity contribution is 6.33. The minimum absolute atomic E-state index is 0.0225. The molecule has 0 saturated heterocycles. The Bertz CT molecular complexity index is 788. The Morgan fingerprint density at radius 2 is 2.00 bits per heavy atom. The van der Waals surface area contributed by atoms with Crippen molar-refractivity contribution in [3.63, 3.8) is 0 Å². The van der Waals surface area contributed by atoms with E-state index in [1.807, 2.05) is 31.2 Å². The van der Waals surface area contributed by atoms with Gasteiger partial charge in [-0.3, -0.25) is 4.79 Å². The summed E-state index contributed by atoms with van der Waals surface area (Å²) in [5.74, 6) is -2.08. The van der Waals surface area contributed by atoms with E-state index in [0.717, 1.165) is 23.7 Å². The summed E-state index contributed by atoms with van der Waals surface area (Å²) in [7, 11) is 0. The lowest BCUT2D eigenvalue weighted by Gasteiger charge is -2.22. The molecule has 2 aromatic rings. The average molecular weight is 348 g/mol. The first kappa shape index (κ1) is 16.5. The molecule has 1 heterocycles. The van der Waals surface area contributed by atoms with Crippen molar-refractivity contribution in [2.24, 2.45) is 0 Å². The Labute approximate surface area is 143 Å². The summed E-state index contributed by atoms with van der Waals surface area (Å²) in [6, 6.07) is 11.5. The van der Waals surface area contributed by atoms with Gasteiger partial charge in [-0.2, -0.15) is 0 Å². The minimum atomic E-state index is -0.952. The Hall–Kier alpha value is -2.40. The third-order valence-electron chi connectivity index (χ3n) is 3.97. The maximum Gasteiger partial charge on any atom is 0.343 e. The molecule has 4 nitrogen and oxygen atoms in total. The van der Waals surface area contributed by atoms with Gasteiger partial charge in [-0.1, -0.05) is 35.9 Å². The van der Waals surface area contributed by atoms with E-state index in [2.05, 4.69) is 0 Å². The molecule has 1 amide bonds. The first-order valence-electron chi connectivity index (χ1n) is 7.50. The number of nitrogens with zero attached hydrogens (tertiary/aromatic N) is 1. The normalized spacial score (nSPS) is 16.0. The first-order chi connectivity index (χ1) is 11.5. The van der Waals surface area contributed by atoms with Crippen LogP contribution in [0.2, 0.25) is 5.02 Å².